The number of hydrogen-bond acceptors (Lipinski definition) is 11. The summed E-state index contributed by atoms with van der Waals surface area (Å²) in [6, 6.07) is 0. The van der Waals surface area contributed by atoms with E-state index in [9.17, 15) is 27.6 Å². The third-order valence-electron chi connectivity index (χ3n) is 7.98. The monoisotopic (exact) mass is 695 g/mol. The lowest BCUT2D eigenvalue weighted by Gasteiger charge is -2.28. The zero-order valence-corrected chi connectivity index (χ0v) is 29.3. The van der Waals surface area contributed by atoms with E-state index in [4.69, 9.17) is 29.2 Å². The molecule has 1 aliphatic rings. The van der Waals surface area contributed by atoms with Gasteiger partial charge in [-0.2, -0.15) is 4.31 Å². The summed E-state index contributed by atoms with van der Waals surface area (Å²) >= 11 is 0. The lowest BCUT2D eigenvalue weighted by Crippen LogP contribution is -2.48. The van der Waals surface area contributed by atoms with Gasteiger partial charge in [0, 0.05) is 46.2 Å². The SMILES string of the molecule is [2H]CC(=O)OC[C@@H](OC(=O)C[2H])[C@@H]1OC(S(=O)(=O)N(CCCCCCCCCC)CCCCCCCCCC)[C@H](OC(=O)C[2H])[C@H]1OC(=O)C[2H]. The molecule has 0 aliphatic carbocycles. The Labute approximate surface area is 288 Å². The van der Waals surface area contributed by atoms with E-state index in [0.29, 0.717) is 12.8 Å². The summed E-state index contributed by atoms with van der Waals surface area (Å²) in [5, 5.41) is 0. The number of unbranched alkanes of at least 4 members (excludes halogenated alkanes) is 14. The summed E-state index contributed by atoms with van der Waals surface area (Å²) in [5.74, 6) is -4.40. The largest absolute Gasteiger partial charge is 0.462 e. The van der Waals surface area contributed by atoms with Gasteiger partial charge in [-0.25, -0.2) is 8.42 Å². The van der Waals surface area contributed by atoms with Gasteiger partial charge in [0.25, 0.3) is 0 Å². The van der Waals surface area contributed by atoms with Crippen LogP contribution >= 0.6 is 0 Å². The molecule has 0 bridgehead atoms. The Morgan fingerprint density at radius 2 is 1.11 bits per heavy atom. The minimum absolute atomic E-state index is 0.146. The van der Waals surface area contributed by atoms with E-state index in [-0.39, 0.29) is 13.1 Å². The van der Waals surface area contributed by atoms with Gasteiger partial charge >= 0.3 is 23.9 Å². The molecule has 13 heteroatoms. The average Bonchev–Trinajstić information content (AvgIpc) is 3.48. The van der Waals surface area contributed by atoms with Gasteiger partial charge in [-0.3, -0.25) is 19.2 Å². The van der Waals surface area contributed by atoms with Crippen molar-refractivity contribution in [1.82, 2.24) is 4.31 Å². The van der Waals surface area contributed by atoms with Crippen LogP contribution in [0.15, 0.2) is 0 Å². The van der Waals surface area contributed by atoms with Gasteiger partial charge in [0.1, 0.15) is 12.7 Å². The topological polar surface area (TPSA) is 152 Å². The molecule has 12 nitrogen and oxygen atoms in total. The maximum absolute atomic E-state index is 14.5. The lowest BCUT2D eigenvalue weighted by molar-refractivity contribution is -0.176. The van der Waals surface area contributed by atoms with Crippen molar-refractivity contribution in [2.24, 2.45) is 0 Å². The fourth-order valence-electron chi connectivity index (χ4n) is 5.65. The van der Waals surface area contributed by atoms with Crippen molar-refractivity contribution < 1.29 is 56.8 Å². The Morgan fingerprint density at radius 1 is 0.660 bits per heavy atom. The zero-order chi connectivity index (χ0) is 38.1. The number of hydrogen-bond donors (Lipinski definition) is 0. The first-order valence-electron chi connectivity index (χ1n) is 19.9. The Kier molecular flexibility index (Phi) is 18.4. The summed E-state index contributed by atoms with van der Waals surface area (Å²) in [7, 11) is -4.51. The van der Waals surface area contributed by atoms with Crippen molar-refractivity contribution in [2.75, 3.05) is 19.7 Å². The number of carbonyl (C=O) groups is 4. The van der Waals surface area contributed by atoms with Crippen molar-refractivity contribution >= 4 is 33.9 Å². The second kappa shape index (κ2) is 24.0. The fourth-order valence-corrected chi connectivity index (χ4v) is 7.53. The van der Waals surface area contributed by atoms with Crippen LogP contribution in [-0.2, 0) is 52.9 Å². The highest BCUT2D eigenvalue weighted by molar-refractivity contribution is 7.89. The third-order valence-corrected chi connectivity index (χ3v) is 10.0. The number of nitrogens with zero attached hydrogens (tertiary/aromatic N) is 1. The van der Waals surface area contributed by atoms with E-state index in [2.05, 4.69) is 13.8 Å². The molecule has 5 atom stereocenters. The molecule has 1 rings (SSSR count). The van der Waals surface area contributed by atoms with Crippen LogP contribution in [0.5, 0.6) is 0 Å². The quantitative estimate of drug-likeness (QED) is 0.0597. The Morgan fingerprint density at radius 3 is 1.57 bits per heavy atom. The fraction of sp³-hybridized carbons (Fsp3) is 0.882. The summed E-state index contributed by atoms with van der Waals surface area (Å²) in [4.78, 5) is 49.0. The van der Waals surface area contributed by atoms with Gasteiger partial charge in [-0.05, 0) is 12.8 Å². The molecule has 0 saturated carbocycles. The standard InChI is InChI=1S/C34H61NO11S/c1-7-9-11-13-15-17-19-21-23-35(24-22-20-18-16-14-12-10-8-2)47(40,41)34-33(45-29(6)39)32(44-28(5)38)31(46-34)30(43-27(4)37)25-42-26(3)36/h30-34H,7-25H2,1-6H3/t30-,31+,32+,33-,34?/m1/s1/i3D,4D,5D,6D. The van der Waals surface area contributed by atoms with Crippen LogP contribution < -0.4 is 0 Å². The summed E-state index contributed by atoms with van der Waals surface area (Å²) in [6.07, 6.45) is 8.86. The maximum atomic E-state index is 14.5. The summed E-state index contributed by atoms with van der Waals surface area (Å²) in [5.41, 5.74) is -1.98. The van der Waals surface area contributed by atoms with Crippen LogP contribution in [0.2, 0.25) is 0 Å². The molecule has 1 fully saturated rings. The second-order valence-corrected chi connectivity index (χ2v) is 14.0. The van der Waals surface area contributed by atoms with E-state index in [1.807, 2.05) is 0 Å². The normalized spacial score (nSPS) is 21.3. The van der Waals surface area contributed by atoms with E-state index in [1.54, 1.807) is 0 Å². The predicted octanol–water partition coefficient (Wildman–Crippen LogP) is 5.98. The smallest absolute Gasteiger partial charge is 0.303 e. The Bertz CT molecular complexity index is 1100. The molecule has 1 saturated heterocycles. The van der Waals surface area contributed by atoms with Crippen molar-refractivity contribution in [1.29, 1.82) is 0 Å². The molecule has 274 valence electrons. The Balaban J connectivity index is 3.44. The number of carbonyl (C=O) groups excluding carboxylic acids is 4. The first kappa shape index (κ1) is 36.0. The second-order valence-electron chi connectivity index (χ2n) is 12.0. The van der Waals surface area contributed by atoms with Crippen LogP contribution in [0.25, 0.3) is 0 Å². The molecule has 1 heterocycles. The minimum Gasteiger partial charge on any atom is -0.462 e. The van der Waals surface area contributed by atoms with Gasteiger partial charge in [-0.15, -0.1) is 0 Å². The molecule has 0 spiro atoms. The zero-order valence-electron chi connectivity index (χ0n) is 32.5. The summed E-state index contributed by atoms with van der Waals surface area (Å²) in [6.45, 7) is 0.396. The van der Waals surface area contributed by atoms with Crippen LogP contribution in [0.3, 0.4) is 0 Å². The number of sulfonamides is 1. The van der Waals surface area contributed by atoms with Crippen LogP contribution in [0.1, 0.15) is 150 Å². The van der Waals surface area contributed by atoms with Crippen LogP contribution in [0.4, 0.5) is 0 Å². The molecule has 0 aromatic rings. The first-order valence-corrected chi connectivity index (χ1v) is 18.6. The summed E-state index contributed by atoms with van der Waals surface area (Å²) < 4.78 is 86.9. The first-order chi connectivity index (χ1) is 24.5. The van der Waals surface area contributed by atoms with Gasteiger partial charge in [-0.1, -0.05) is 104 Å². The van der Waals surface area contributed by atoms with Crippen molar-refractivity contribution in [2.45, 2.75) is 174 Å². The molecule has 0 aromatic carbocycles. The van der Waals surface area contributed by atoms with Gasteiger partial charge in [0.15, 0.2) is 18.3 Å². The van der Waals surface area contributed by atoms with Gasteiger partial charge in [0.05, 0.1) is 0 Å². The molecular weight excluding hydrogens is 630 g/mol. The number of esters is 4. The molecule has 0 amide bonds. The molecule has 0 aromatic heterocycles. The van der Waals surface area contributed by atoms with Gasteiger partial charge < -0.3 is 23.7 Å². The number of rotatable bonds is 26. The highest BCUT2D eigenvalue weighted by Crippen LogP contribution is 2.35. The molecule has 0 radical (unpaired) electrons. The van der Waals surface area contributed by atoms with E-state index in [1.165, 1.54) is 17.1 Å². The maximum Gasteiger partial charge on any atom is 0.303 e. The number of ether oxygens (including phenoxy) is 5. The highest BCUT2D eigenvalue weighted by Gasteiger charge is 2.58. The van der Waals surface area contributed by atoms with Crippen LogP contribution in [0, 0.1) is 0 Å². The third kappa shape index (κ3) is 17.1. The van der Waals surface area contributed by atoms with Crippen molar-refractivity contribution in [3.63, 3.8) is 0 Å². The van der Waals surface area contributed by atoms with Crippen molar-refractivity contribution in [3.8, 4) is 0 Å². The molecule has 47 heavy (non-hydrogen) atoms. The van der Waals surface area contributed by atoms with E-state index >= 15 is 0 Å². The minimum atomic E-state index is -4.51. The highest BCUT2D eigenvalue weighted by atomic mass is 32.2. The molecule has 0 N–H and O–H groups in total. The van der Waals surface area contributed by atoms with Crippen LogP contribution in [-0.4, -0.2) is 86.1 Å². The Hall–Kier alpha value is -2.25. The average molecular weight is 696 g/mol. The molecule has 1 unspecified atom stereocenters. The molecular formula is C34H61NO11S. The lowest BCUT2D eigenvalue weighted by atomic mass is 10.1. The van der Waals surface area contributed by atoms with Crippen molar-refractivity contribution in [3.05, 3.63) is 0 Å². The van der Waals surface area contributed by atoms with E-state index in [0.717, 1.165) is 77.0 Å². The van der Waals surface area contributed by atoms with E-state index < -0.39 is 98.0 Å². The predicted molar refractivity (Wildman–Crippen MR) is 178 cm³/mol. The molecule has 1 aliphatic heterocycles. The van der Waals surface area contributed by atoms with Gasteiger partial charge in [0.2, 0.25) is 15.5 Å².